The molecule has 3 heterocycles. The smallest absolute Gasteiger partial charge is 0.230 e. The molecule has 0 N–H and O–H groups in total. The minimum Gasteiger partial charge on any atom is -0.493 e. The molecule has 0 atom stereocenters. The Hall–Kier alpha value is -2.56. The standard InChI is InChI=1S/C20H23N3O2/c1-25-18-7-4-11-21-19(18)22-12-8-16(9-13-22)20(24)23-14-10-15-5-2-3-6-17(15)23/h2-7,11,16H,8-10,12-14H2,1H3. The van der Waals surface area contributed by atoms with E-state index in [2.05, 4.69) is 22.0 Å². The first-order valence-corrected chi connectivity index (χ1v) is 8.91. The molecule has 1 saturated heterocycles. The van der Waals surface area contributed by atoms with Crippen molar-refractivity contribution in [3.05, 3.63) is 48.2 Å². The summed E-state index contributed by atoms with van der Waals surface area (Å²) in [5.41, 5.74) is 2.38. The molecule has 5 heteroatoms. The van der Waals surface area contributed by atoms with Gasteiger partial charge in [-0.25, -0.2) is 4.98 Å². The molecule has 130 valence electrons. The van der Waals surface area contributed by atoms with Gasteiger partial charge in [-0.2, -0.15) is 0 Å². The highest BCUT2D eigenvalue weighted by atomic mass is 16.5. The fraction of sp³-hybridized carbons (Fsp3) is 0.400. The molecule has 0 spiro atoms. The zero-order valence-electron chi connectivity index (χ0n) is 14.5. The lowest BCUT2D eigenvalue weighted by atomic mass is 9.95. The van der Waals surface area contributed by atoms with E-state index in [1.807, 2.05) is 29.2 Å². The molecule has 0 unspecified atom stereocenters. The number of hydrogen-bond donors (Lipinski definition) is 0. The highest BCUT2D eigenvalue weighted by Crippen LogP contribution is 2.33. The lowest BCUT2D eigenvalue weighted by Crippen LogP contribution is -2.42. The summed E-state index contributed by atoms with van der Waals surface area (Å²) in [6.45, 7) is 2.48. The Morgan fingerprint density at radius 3 is 2.72 bits per heavy atom. The summed E-state index contributed by atoms with van der Waals surface area (Å²) in [4.78, 5) is 21.7. The third-order valence-corrected chi connectivity index (χ3v) is 5.27. The number of carbonyl (C=O) groups excluding carboxylic acids is 1. The van der Waals surface area contributed by atoms with Gasteiger partial charge in [-0.05, 0) is 43.0 Å². The van der Waals surface area contributed by atoms with Gasteiger partial charge in [0.25, 0.3) is 0 Å². The number of methoxy groups -OCH3 is 1. The van der Waals surface area contributed by atoms with Crippen LogP contribution in [-0.4, -0.2) is 37.6 Å². The Balaban J connectivity index is 1.43. The van der Waals surface area contributed by atoms with Crippen LogP contribution in [0.4, 0.5) is 11.5 Å². The molecule has 1 aromatic carbocycles. The lowest BCUT2D eigenvalue weighted by molar-refractivity contribution is -0.122. The molecular weight excluding hydrogens is 314 g/mol. The summed E-state index contributed by atoms with van der Waals surface area (Å²) < 4.78 is 5.41. The van der Waals surface area contributed by atoms with Crippen LogP contribution >= 0.6 is 0 Å². The summed E-state index contributed by atoms with van der Waals surface area (Å²) >= 11 is 0. The van der Waals surface area contributed by atoms with Gasteiger partial charge in [0, 0.05) is 37.4 Å². The largest absolute Gasteiger partial charge is 0.493 e. The lowest BCUT2D eigenvalue weighted by Gasteiger charge is -2.34. The van der Waals surface area contributed by atoms with Crippen molar-refractivity contribution >= 4 is 17.4 Å². The van der Waals surface area contributed by atoms with Gasteiger partial charge >= 0.3 is 0 Å². The number of benzene rings is 1. The Morgan fingerprint density at radius 1 is 1.12 bits per heavy atom. The number of nitrogens with zero attached hydrogens (tertiary/aromatic N) is 3. The van der Waals surface area contributed by atoms with Crippen molar-refractivity contribution in [2.75, 3.05) is 36.5 Å². The van der Waals surface area contributed by atoms with Gasteiger partial charge in [-0.1, -0.05) is 18.2 Å². The minimum absolute atomic E-state index is 0.0945. The van der Waals surface area contributed by atoms with Crippen LogP contribution in [0.2, 0.25) is 0 Å². The molecule has 25 heavy (non-hydrogen) atoms. The van der Waals surface area contributed by atoms with Gasteiger partial charge in [0.1, 0.15) is 0 Å². The Labute approximate surface area is 148 Å². The SMILES string of the molecule is COc1cccnc1N1CCC(C(=O)N2CCc3ccccc32)CC1. The number of carbonyl (C=O) groups is 1. The van der Waals surface area contributed by atoms with Crippen molar-refractivity contribution in [3.63, 3.8) is 0 Å². The van der Waals surface area contributed by atoms with Crippen LogP contribution in [-0.2, 0) is 11.2 Å². The maximum atomic E-state index is 13.0. The summed E-state index contributed by atoms with van der Waals surface area (Å²) in [7, 11) is 1.67. The van der Waals surface area contributed by atoms with Crippen LogP contribution in [0.1, 0.15) is 18.4 Å². The summed E-state index contributed by atoms with van der Waals surface area (Å²) in [5.74, 6) is 2.04. The summed E-state index contributed by atoms with van der Waals surface area (Å²) in [6, 6.07) is 12.1. The normalized spacial score (nSPS) is 17.5. The molecule has 0 aliphatic carbocycles. The van der Waals surface area contributed by atoms with Gasteiger partial charge < -0.3 is 14.5 Å². The molecule has 1 fully saturated rings. The molecule has 0 radical (unpaired) electrons. The predicted octanol–water partition coefficient (Wildman–Crippen LogP) is 2.90. The summed E-state index contributed by atoms with van der Waals surface area (Å²) in [5, 5.41) is 0. The van der Waals surface area contributed by atoms with Crippen LogP contribution in [0.3, 0.4) is 0 Å². The van der Waals surface area contributed by atoms with E-state index in [4.69, 9.17) is 4.74 Å². The van der Waals surface area contributed by atoms with Crippen molar-refractivity contribution < 1.29 is 9.53 Å². The van der Waals surface area contributed by atoms with Gasteiger partial charge in [0.2, 0.25) is 5.91 Å². The second-order valence-electron chi connectivity index (χ2n) is 6.66. The van der Waals surface area contributed by atoms with E-state index in [1.165, 1.54) is 5.56 Å². The van der Waals surface area contributed by atoms with Crippen LogP contribution in [0.5, 0.6) is 5.75 Å². The number of rotatable bonds is 3. The van der Waals surface area contributed by atoms with Crippen molar-refractivity contribution in [2.24, 2.45) is 5.92 Å². The van der Waals surface area contributed by atoms with Crippen LogP contribution in [0.15, 0.2) is 42.6 Å². The first-order valence-electron chi connectivity index (χ1n) is 8.91. The van der Waals surface area contributed by atoms with Gasteiger partial charge in [0.05, 0.1) is 7.11 Å². The minimum atomic E-state index is 0.0945. The number of amides is 1. The van der Waals surface area contributed by atoms with Crippen LogP contribution in [0.25, 0.3) is 0 Å². The average molecular weight is 337 g/mol. The van der Waals surface area contributed by atoms with E-state index >= 15 is 0 Å². The molecule has 2 aromatic rings. The highest BCUT2D eigenvalue weighted by molar-refractivity contribution is 5.97. The summed E-state index contributed by atoms with van der Waals surface area (Å²) in [6.07, 6.45) is 4.47. The fourth-order valence-electron chi connectivity index (χ4n) is 3.90. The maximum Gasteiger partial charge on any atom is 0.230 e. The number of piperidine rings is 1. The quantitative estimate of drug-likeness (QED) is 0.864. The second-order valence-corrected chi connectivity index (χ2v) is 6.66. The monoisotopic (exact) mass is 337 g/mol. The second kappa shape index (κ2) is 6.75. The fourth-order valence-corrected chi connectivity index (χ4v) is 3.90. The Morgan fingerprint density at radius 2 is 1.92 bits per heavy atom. The van der Waals surface area contributed by atoms with E-state index in [9.17, 15) is 4.79 Å². The average Bonchev–Trinajstić information content (AvgIpc) is 3.11. The number of ether oxygens (including phenoxy) is 1. The van der Waals surface area contributed by atoms with E-state index in [1.54, 1.807) is 13.3 Å². The molecule has 1 aromatic heterocycles. The van der Waals surface area contributed by atoms with Crippen molar-refractivity contribution in [2.45, 2.75) is 19.3 Å². The zero-order chi connectivity index (χ0) is 17.2. The maximum absolute atomic E-state index is 13.0. The number of para-hydroxylation sites is 1. The van der Waals surface area contributed by atoms with Gasteiger partial charge in [-0.15, -0.1) is 0 Å². The molecule has 4 rings (SSSR count). The number of pyridine rings is 1. The van der Waals surface area contributed by atoms with E-state index in [0.29, 0.717) is 0 Å². The Bertz CT molecular complexity index is 769. The van der Waals surface area contributed by atoms with E-state index in [0.717, 1.165) is 56.2 Å². The van der Waals surface area contributed by atoms with E-state index in [-0.39, 0.29) is 11.8 Å². The molecule has 2 aliphatic rings. The number of fused-ring (bicyclic) bond motifs is 1. The van der Waals surface area contributed by atoms with Crippen molar-refractivity contribution in [1.29, 1.82) is 0 Å². The predicted molar refractivity (Wildman–Crippen MR) is 98.2 cm³/mol. The zero-order valence-corrected chi connectivity index (χ0v) is 14.5. The van der Waals surface area contributed by atoms with E-state index < -0.39 is 0 Å². The molecule has 0 saturated carbocycles. The van der Waals surface area contributed by atoms with Gasteiger partial charge in [-0.3, -0.25) is 4.79 Å². The highest BCUT2D eigenvalue weighted by Gasteiger charge is 2.33. The third-order valence-electron chi connectivity index (χ3n) is 5.27. The van der Waals surface area contributed by atoms with Crippen molar-refractivity contribution in [1.82, 2.24) is 4.98 Å². The molecule has 2 aliphatic heterocycles. The Kier molecular flexibility index (Phi) is 4.30. The molecular formula is C20H23N3O2. The van der Waals surface area contributed by atoms with Crippen LogP contribution < -0.4 is 14.5 Å². The van der Waals surface area contributed by atoms with Gasteiger partial charge in [0.15, 0.2) is 11.6 Å². The molecule has 0 bridgehead atoms. The molecule has 1 amide bonds. The number of anilines is 2. The number of hydrogen-bond acceptors (Lipinski definition) is 4. The topological polar surface area (TPSA) is 45.7 Å². The van der Waals surface area contributed by atoms with Crippen molar-refractivity contribution in [3.8, 4) is 5.75 Å². The first kappa shape index (κ1) is 15.9. The molecule has 5 nitrogen and oxygen atoms in total. The van der Waals surface area contributed by atoms with Crippen LogP contribution in [0, 0.1) is 5.92 Å². The number of aromatic nitrogens is 1. The third kappa shape index (κ3) is 2.95. The first-order chi connectivity index (χ1) is 12.3.